The Morgan fingerprint density at radius 1 is 1.54 bits per heavy atom. The van der Waals surface area contributed by atoms with Crippen molar-refractivity contribution in [2.45, 2.75) is 18.7 Å². The number of aryl methyl sites for hydroxylation is 1. The maximum absolute atomic E-state index is 10.9. The molecule has 1 atom stereocenters. The standard InChI is InChI=1S/C10H12ClNO/c1-2-7-5-3-4-6-8(7)9(11)10(12)13/h3-6,9H,2H2,1H3,(H2,12,13). The molecular formula is C10H12ClNO. The van der Waals surface area contributed by atoms with Crippen molar-refractivity contribution >= 4 is 17.5 Å². The molecule has 0 saturated heterocycles. The monoisotopic (exact) mass is 197 g/mol. The lowest BCUT2D eigenvalue weighted by molar-refractivity contribution is -0.117. The van der Waals surface area contributed by atoms with Gasteiger partial charge in [0.25, 0.3) is 0 Å². The van der Waals surface area contributed by atoms with Gasteiger partial charge in [0.2, 0.25) is 5.91 Å². The number of nitrogens with two attached hydrogens (primary N) is 1. The van der Waals surface area contributed by atoms with E-state index in [1.807, 2.05) is 31.2 Å². The van der Waals surface area contributed by atoms with Crippen LogP contribution in [-0.4, -0.2) is 5.91 Å². The minimum Gasteiger partial charge on any atom is -0.368 e. The molecule has 13 heavy (non-hydrogen) atoms. The van der Waals surface area contributed by atoms with Gasteiger partial charge in [0, 0.05) is 0 Å². The first-order valence-electron chi connectivity index (χ1n) is 4.18. The summed E-state index contributed by atoms with van der Waals surface area (Å²) in [6, 6.07) is 7.56. The van der Waals surface area contributed by atoms with Crippen LogP contribution in [0.15, 0.2) is 24.3 Å². The van der Waals surface area contributed by atoms with Crippen LogP contribution in [0, 0.1) is 0 Å². The minimum absolute atomic E-state index is 0.498. The molecule has 0 aliphatic heterocycles. The summed E-state index contributed by atoms with van der Waals surface area (Å²) in [5, 5.41) is -0.712. The van der Waals surface area contributed by atoms with E-state index in [-0.39, 0.29) is 0 Å². The second-order valence-electron chi connectivity index (χ2n) is 2.82. The zero-order valence-electron chi connectivity index (χ0n) is 7.46. The molecule has 0 aliphatic carbocycles. The van der Waals surface area contributed by atoms with Gasteiger partial charge >= 0.3 is 0 Å². The summed E-state index contributed by atoms with van der Waals surface area (Å²) in [4.78, 5) is 10.9. The Morgan fingerprint density at radius 2 is 2.15 bits per heavy atom. The van der Waals surface area contributed by atoms with Gasteiger partial charge in [0.1, 0.15) is 5.38 Å². The van der Waals surface area contributed by atoms with Crippen LogP contribution in [0.1, 0.15) is 23.4 Å². The molecule has 0 radical (unpaired) electrons. The summed E-state index contributed by atoms with van der Waals surface area (Å²) in [6.07, 6.45) is 0.854. The average Bonchev–Trinajstić information content (AvgIpc) is 2.16. The first-order valence-corrected chi connectivity index (χ1v) is 4.61. The van der Waals surface area contributed by atoms with Crippen LogP contribution in [-0.2, 0) is 11.2 Å². The first kappa shape index (κ1) is 10.1. The summed E-state index contributed by atoms with van der Waals surface area (Å²) >= 11 is 5.85. The molecule has 1 aromatic rings. The number of hydrogen-bond donors (Lipinski definition) is 1. The van der Waals surface area contributed by atoms with Gasteiger partial charge in [-0.2, -0.15) is 0 Å². The van der Waals surface area contributed by atoms with Gasteiger partial charge < -0.3 is 5.73 Å². The van der Waals surface area contributed by atoms with E-state index in [1.165, 1.54) is 0 Å². The highest BCUT2D eigenvalue weighted by Crippen LogP contribution is 2.23. The number of alkyl halides is 1. The molecule has 0 fully saturated rings. The van der Waals surface area contributed by atoms with Crippen LogP contribution in [0.4, 0.5) is 0 Å². The molecule has 70 valence electrons. The highest BCUT2D eigenvalue weighted by Gasteiger charge is 2.16. The fourth-order valence-electron chi connectivity index (χ4n) is 1.26. The Labute approximate surface area is 82.7 Å². The van der Waals surface area contributed by atoms with Crippen molar-refractivity contribution in [3.63, 3.8) is 0 Å². The molecule has 0 saturated carbocycles. The molecule has 2 nitrogen and oxygen atoms in total. The van der Waals surface area contributed by atoms with E-state index >= 15 is 0 Å². The molecule has 0 spiro atoms. The molecule has 0 aromatic heterocycles. The number of carbonyl (C=O) groups is 1. The van der Waals surface area contributed by atoms with Crippen LogP contribution >= 0.6 is 11.6 Å². The number of primary amides is 1. The van der Waals surface area contributed by atoms with Crippen molar-refractivity contribution in [2.75, 3.05) is 0 Å². The lowest BCUT2D eigenvalue weighted by Gasteiger charge is -2.10. The van der Waals surface area contributed by atoms with Crippen molar-refractivity contribution in [1.82, 2.24) is 0 Å². The molecule has 1 amide bonds. The Morgan fingerprint density at radius 3 is 2.69 bits per heavy atom. The largest absolute Gasteiger partial charge is 0.368 e. The highest BCUT2D eigenvalue weighted by molar-refractivity contribution is 6.30. The summed E-state index contributed by atoms with van der Waals surface area (Å²) in [5.41, 5.74) is 7.01. The predicted octanol–water partition coefficient (Wildman–Crippen LogP) is 2.01. The topological polar surface area (TPSA) is 43.1 Å². The van der Waals surface area contributed by atoms with Crippen molar-refractivity contribution in [3.8, 4) is 0 Å². The maximum atomic E-state index is 10.9. The van der Waals surface area contributed by atoms with Gasteiger partial charge in [-0.25, -0.2) is 0 Å². The average molecular weight is 198 g/mol. The van der Waals surface area contributed by atoms with Gasteiger partial charge in [-0.15, -0.1) is 11.6 Å². The quantitative estimate of drug-likeness (QED) is 0.741. The Balaban J connectivity index is 3.05. The van der Waals surface area contributed by atoms with E-state index in [2.05, 4.69) is 0 Å². The molecule has 1 rings (SSSR count). The third-order valence-corrected chi connectivity index (χ3v) is 2.41. The fourth-order valence-corrected chi connectivity index (χ4v) is 1.47. The summed E-state index contributed by atoms with van der Waals surface area (Å²) < 4.78 is 0. The van der Waals surface area contributed by atoms with Gasteiger partial charge in [0.05, 0.1) is 0 Å². The van der Waals surface area contributed by atoms with Crippen LogP contribution in [0.25, 0.3) is 0 Å². The SMILES string of the molecule is CCc1ccccc1C(Cl)C(N)=O. The molecule has 0 aliphatic rings. The molecule has 0 heterocycles. The molecule has 1 unspecified atom stereocenters. The third-order valence-electron chi connectivity index (χ3n) is 1.96. The normalized spacial score (nSPS) is 12.5. The summed E-state index contributed by atoms with van der Waals surface area (Å²) in [5.74, 6) is -0.498. The van der Waals surface area contributed by atoms with E-state index < -0.39 is 11.3 Å². The van der Waals surface area contributed by atoms with Crippen LogP contribution < -0.4 is 5.73 Å². The van der Waals surface area contributed by atoms with Crippen molar-refractivity contribution in [1.29, 1.82) is 0 Å². The number of carbonyl (C=O) groups excluding carboxylic acids is 1. The Bertz CT molecular complexity index is 312. The Kier molecular flexibility index (Phi) is 3.32. The zero-order chi connectivity index (χ0) is 9.84. The highest BCUT2D eigenvalue weighted by atomic mass is 35.5. The van der Waals surface area contributed by atoms with Crippen molar-refractivity contribution in [2.24, 2.45) is 5.73 Å². The molecule has 3 heteroatoms. The van der Waals surface area contributed by atoms with Gasteiger partial charge in [0.15, 0.2) is 0 Å². The molecule has 2 N–H and O–H groups in total. The van der Waals surface area contributed by atoms with Gasteiger partial charge in [-0.3, -0.25) is 4.79 Å². The van der Waals surface area contributed by atoms with Crippen molar-refractivity contribution in [3.05, 3.63) is 35.4 Å². The number of halogens is 1. The van der Waals surface area contributed by atoms with E-state index in [4.69, 9.17) is 17.3 Å². The number of rotatable bonds is 3. The fraction of sp³-hybridized carbons (Fsp3) is 0.300. The first-order chi connectivity index (χ1) is 6.16. The van der Waals surface area contributed by atoms with Gasteiger partial charge in [-0.1, -0.05) is 31.2 Å². The van der Waals surface area contributed by atoms with E-state index in [1.54, 1.807) is 0 Å². The summed E-state index contributed by atoms with van der Waals surface area (Å²) in [7, 11) is 0. The molecule has 0 bridgehead atoms. The van der Waals surface area contributed by atoms with E-state index in [9.17, 15) is 4.79 Å². The second kappa shape index (κ2) is 4.28. The lowest BCUT2D eigenvalue weighted by Crippen LogP contribution is -2.18. The van der Waals surface area contributed by atoms with E-state index in [0.29, 0.717) is 0 Å². The molecule has 1 aromatic carbocycles. The number of benzene rings is 1. The summed E-state index contributed by atoms with van der Waals surface area (Å²) in [6.45, 7) is 2.02. The number of hydrogen-bond acceptors (Lipinski definition) is 1. The van der Waals surface area contributed by atoms with Crippen LogP contribution in [0.2, 0.25) is 0 Å². The minimum atomic E-state index is -0.712. The van der Waals surface area contributed by atoms with Crippen molar-refractivity contribution < 1.29 is 4.79 Å². The van der Waals surface area contributed by atoms with Crippen LogP contribution in [0.5, 0.6) is 0 Å². The predicted molar refractivity (Wildman–Crippen MR) is 53.6 cm³/mol. The Hall–Kier alpha value is -1.02. The maximum Gasteiger partial charge on any atom is 0.240 e. The van der Waals surface area contributed by atoms with Gasteiger partial charge in [-0.05, 0) is 17.5 Å². The van der Waals surface area contributed by atoms with E-state index in [0.717, 1.165) is 17.5 Å². The third kappa shape index (κ3) is 2.22. The van der Waals surface area contributed by atoms with Crippen LogP contribution in [0.3, 0.4) is 0 Å². The zero-order valence-corrected chi connectivity index (χ0v) is 8.21. The molecular weight excluding hydrogens is 186 g/mol. The smallest absolute Gasteiger partial charge is 0.240 e. The second-order valence-corrected chi connectivity index (χ2v) is 3.25. The number of amides is 1. The lowest BCUT2D eigenvalue weighted by atomic mass is 10.0.